The highest BCUT2D eigenvalue weighted by Crippen LogP contribution is 2.40. The highest BCUT2D eigenvalue weighted by Gasteiger charge is 2.25. The standard InChI is InChI=1S/C30H31Cl2F2NO2S/c1-17(30(4,5)37)15-35(19(3)18(2)29-23(31)8-7-9-24(29)32)27-11-10-20(12-26(27)34)21-13-25(33)22(16-36)28(14-21)38-6/h7-15,18,36-37H,3,16H2,1-2,4-6H3/b17-15+. The average Bonchev–Trinajstić information content (AvgIpc) is 2.85. The predicted octanol–water partition coefficient (Wildman–Crippen LogP) is 8.95. The number of aliphatic hydroxyl groups excluding tert-OH is 1. The van der Waals surface area contributed by atoms with Crippen LogP contribution in [0.1, 0.15) is 44.7 Å². The maximum absolute atomic E-state index is 15.8. The summed E-state index contributed by atoms with van der Waals surface area (Å²) in [6.45, 7) is 10.7. The normalized spacial score (nSPS) is 13.0. The number of aliphatic hydroxyl groups is 2. The molecule has 0 bridgehead atoms. The monoisotopic (exact) mass is 577 g/mol. The van der Waals surface area contributed by atoms with E-state index in [0.29, 0.717) is 42.9 Å². The lowest BCUT2D eigenvalue weighted by Gasteiger charge is -2.31. The van der Waals surface area contributed by atoms with E-state index < -0.39 is 29.8 Å². The van der Waals surface area contributed by atoms with E-state index in [1.165, 1.54) is 23.9 Å². The first-order valence-electron chi connectivity index (χ1n) is 11.9. The SMILES string of the molecule is C=C(C(C)c1c(Cl)cccc1Cl)N(/C=C(\C)C(C)(C)O)c1ccc(-c2cc(F)c(CO)c(SC)c2)cc1F. The van der Waals surface area contributed by atoms with E-state index in [0.717, 1.165) is 0 Å². The second kappa shape index (κ2) is 12.2. The van der Waals surface area contributed by atoms with E-state index in [2.05, 4.69) is 6.58 Å². The molecule has 3 nitrogen and oxygen atoms in total. The van der Waals surface area contributed by atoms with Crippen LogP contribution in [0.2, 0.25) is 10.0 Å². The highest BCUT2D eigenvalue weighted by atomic mass is 35.5. The lowest BCUT2D eigenvalue weighted by molar-refractivity contribution is 0.119. The van der Waals surface area contributed by atoms with Crippen LogP contribution >= 0.6 is 35.0 Å². The summed E-state index contributed by atoms with van der Waals surface area (Å²) in [4.78, 5) is 2.16. The number of anilines is 1. The first-order chi connectivity index (χ1) is 17.8. The maximum Gasteiger partial charge on any atom is 0.147 e. The van der Waals surface area contributed by atoms with Gasteiger partial charge in [-0.25, -0.2) is 8.78 Å². The Morgan fingerprint density at radius 1 is 1.08 bits per heavy atom. The van der Waals surface area contributed by atoms with Gasteiger partial charge in [-0.2, -0.15) is 0 Å². The van der Waals surface area contributed by atoms with Gasteiger partial charge in [0.15, 0.2) is 0 Å². The minimum absolute atomic E-state index is 0.190. The van der Waals surface area contributed by atoms with Gasteiger partial charge in [0.2, 0.25) is 0 Å². The van der Waals surface area contributed by atoms with E-state index >= 15 is 4.39 Å². The van der Waals surface area contributed by atoms with Crippen LogP contribution in [-0.4, -0.2) is 22.1 Å². The molecule has 202 valence electrons. The third-order valence-electron chi connectivity index (χ3n) is 6.60. The Morgan fingerprint density at radius 2 is 1.68 bits per heavy atom. The fourth-order valence-electron chi connectivity index (χ4n) is 3.95. The average molecular weight is 579 g/mol. The molecule has 0 aliphatic rings. The second-order valence-electron chi connectivity index (χ2n) is 9.55. The van der Waals surface area contributed by atoms with E-state index in [1.807, 2.05) is 6.92 Å². The number of rotatable bonds is 9. The van der Waals surface area contributed by atoms with Crippen LogP contribution in [0.25, 0.3) is 11.1 Å². The Morgan fingerprint density at radius 3 is 2.21 bits per heavy atom. The van der Waals surface area contributed by atoms with Crippen molar-refractivity contribution in [1.29, 1.82) is 0 Å². The van der Waals surface area contributed by atoms with Crippen molar-refractivity contribution in [2.75, 3.05) is 11.2 Å². The molecule has 3 aromatic rings. The van der Waals surface area contributed by atoms with Crippen LogP contribution in [0.4, 0.5) is 14.5 Å². The molecule has 0 aromatic heterocycles. The lowest BCUT2D eigenvalue weighted by atomic mass is 9.95. The van der Waals surface area contributed by atoms with Crippen molar-refractivity contribution in [3.05, 3.63) is 105 Å². The Balaban J connectivity index is 2.13. The summed E-state index contributed by atoms with van der Waals surface area (Å²) in [7, 11) is 0. The number of hydrogen-bond acceptors (Lipinski definition) is 4. The highest BCUT2D eigenvalue weighted by molar-refractivity contribution is 7.98. The molecular weight excluding hydrogens is 547 g/mol. The molecule has 0 saturated heterocycles. The molecule has 0 fully saturated rings. The molecule has 0 radical (unpaired) electrons. The van der Waals surface area contributed by atoms with Crippen molar-refractivity contribution < 1.29 is 19.0 Å². The summed E-state index contributed by atoms with van der Waals surface area (Å²) in [6.07, 6.45) is 3.43. The molecule has 8 heteroatoms. The van der Waals surface area contributed by atoms with Gasteiger partial charge in [0.1, 0.15) is 11.6 Å². The number of thioether (sulfide) groups is 1. The van der Waals surface area contributed by atoms with Crippen LogP contribution in [0.15, 0.2) is 77.5 Å². The molecule has 1 unspecified atom stereocenters. The molecule has 2 N–H and O–H groups in total. The molecule has 0 aliphatic carbocycles. The topological polar surface area (TPSA) is 43.7 Å². The molecule has 0 saturated carbocycles. The smallest absolute Gasteiger partial charge is 0.147 e. The molecule has 3 rings (SSSR count). The second-order valence-corrected chi connectivity index (χ2v) is 11.2. The zero-order valence-electron chi connectivity index (χ0n) is 21.9. The predicted molar refractivity (Wildman–Crippen MR) is 156 cm³/mol. The van der Waals surface area contributed by atoms with Gasteiger partial charge in [0.05, 0.1) is 17.9 Å². The summed E-state index contributed by atoms with van der Waals surface area (Å²) in [5.74, 6) is -1.52. The Hall–Kier alpha value is -2.35. The number of hydrogen-bond donors (Lipinski definition) is 2. The van der Waals surface area contributed by atoms with Crippen molar-refractivity contribution in [2.24, 2.45) is 0 Å². The van der Waals surface area contributed by atoms with Crippen LogP contribution in [0, 0.1) is 11.6 Å². The molecule has 0 aliphatic heterocycles. The van der Waals surface area contributed by atoms with E-state index in [1.54, 1.807) is 74.5 Å². The van der Waals surface area contributed by atoms with Gasteiger partial charge in [0, 0.05) is 38.3 Å². The molecule has 3 aromatic carbocycles. The first-order valence-corrected chi connectivity index (χ1v) is 13.9. The van der Waals surface area contributed by atoms with Gasteiger partial charge in [-0.05, 0) is 85.7 Å². The van der Waals surface area contributed by atoms with E-state index in [4.69, 9.17) is 23.2 Å². The third-order valence-corrected chi connectivity index (χ3v) is 8.07. The summed E-state index contributed by atoms with van der Waals surface area (Å²) in [6, 6.07) is 12.8. The largest absolute Gasteiger partial charge is 0.392 e. The lowest BCUT2D eigenvalue weighted by Crippen LogP contribution is -2.26. The molecule has 0 spiro atoms. The fraction of sp³-hybridized carbons (Fsp3) is 0.267. The fourth-order valence-corrected chi connectivity index (χ4v) is 5.33. The van der Waals surface area contributed by atoms with Gasteiger partial charge in [-0.1, -0.05) is 48.8 Å². The number of allylic oxidation sites excluding steroid dienone is 1. The van der Waals surface area contributed by atoms with Gasteiger partial charge < -0.3 is 15.1 Å². The molecular formula is C30H31Cl2F2NO2S. The molecule has 38 heavy (non-hydrogen) atoms. The quantitative estimate of drug-likeness (QED) is 0.249. The van der Waals surface area contributed by atoms with Crippen LogP contribution < -0.4 is 4.90 Å². The minimum Gasteiger partial charge on any atom is -0.392 e. The summed E-state index contributed by atoms with van der Waals surface area (Å²) in [5.41, 5.74) is 1.90. The Labute approximate surface area is 237 Å². The van der Waals surface area contributed by atoms with Gasteiger partial charge in [-0.15, -0.1) is 11.8 Å². The maximum atomic E-state index is 15.8. The Kier molecular flexibility index (Phi) is 9.71. The van der Waals surface area contributed by atoms with E-state index in [9.17, 15) is 14.6 Å². The summed E-state index contributed by atoms with van der Waals surface area (Å²) >= 11 is 14.2. The summed E-state index contributed by atoms with van der Waals surface area (Å²) < 4.78 is 30.4. The van der Waals surface area contributed by atoms with Crippen molar-refractivity contribution >= 4 is 40.7 Å². The van der Waals surface area contributed by atoms with Gasteiger partial charge >= 0.3 is 0 Å². The number of benzene rings is 3. The van der Waals surface area contributed by atoms with E-state index in [-0.39, 0.29) is 11.3 Å². The molecule has 0 heterocycles. The van der Waals surface area contributed by atoms with Crippen molar-refractivity contribution in [1.82, 2.24) is 0 Å². The molecule has 0 amide bonds. The van der Waals surface area contributed by atoms with Crippen molar-refractivity contribution in [2.45, 2.75) is 50.7 Å². The number of halogens is 4. The van der Waals surface area contributed by atoms with Crippen LogP contribution in [-0.2, 0) is 6.61 Å². The number of nitrogens with zero attached hydrogens (tertiary/aromatic N) is 1. The van der Waals surface area contributed by atoms with Crippen molar-refractivity contribution in [3.63, 3.8) is 0 Å². The van der Waals surface area contributed by atoms with Gasteiger partial charge in [0.25, 0.3) is 0 Å². The first kappa shape index (κ1) is 30.2. The zero-order valence-corrected chi connectivity index (χ0v) is 24.3. The van der Waals surface area contributed by atoms with Gasteiger partial charge in [-0.3, -0.25) is 0 Å². The van der Waals surface area contributed by atoms with Crippen LogP contribution in [0.5, 0.6) is 0 Å². The summed E-state index contributed by atoms with van der Waals surface area (Å²) in [5, 5.41) is 21.0. The zero-order chi connectivity index (χ0) is 28.4. The molecule has 1 atom stereocenters. The minimum atomic E-state index is -1.17. The van der Waals surface area contributed by atoms with Crippen molar-refractivity contribution in [3.8, 4) is 11.1 Å². The Bertz CT molecular complexity index is 1370. The third kappa shape index (κ3) is 6.44. The van der Waals surface area contributed by atoms with Crippen LogP contribution in [0.3, 0.4) is 0 Å².